The topological polar surface area (TPSA) is 72.7 Å². The average Bonchev–Trinajstić information content (AvgIpc) is 3.05. The van der Waals surface area contributed by atoms with E-state index in [1.807, 2.05) is 52.8 Å². The molecule has 0 fully saturated rings. The van der Waals surface area contributed by atoms with Crippen LogP contribution in [0.2, 0.25) is 0 Å². The summed E-state index contributed by atoms with van der Waals surface area (Å²) in [6.07, 6.45) is 0. The van der Waals surface area contributed by atoms with Crippen molar-refractivity contribution < 1.29 is 4.79 Å². The Morgan fingerprint density at radius 2 is 1.64 bits per heavy atom. The molecule has 0 aliphatic rings. The number of aromatic nitrogens is 4. The molecule has 0 spiro atoms. The number of hydrogen-bond donors (Lipinski definition) is 1. The van der Waals surface area contributed by atoms with Crippen molar-refractivity contribution in [2.45, 2.75) is 51.9 Å². The summed E-state index contributed by atoms with van der Waals surface area (Å²) >= 11 is 1.35. The minimum absolute atomic E-state index is 0.0730. The number of carbonyl (C=O) groups excluding carboxylic acids is 1. The van der Waals surface area contributed by atoms with Gasteiger partial charge in [-0.15, -0.1) is 5.10 Å². The standard InChI is InChI=1S/C21H25N5OS/c1-12-10-15(4)18(16(5)11-12)22-20(27)17(6)28-21-23-24-25-26(21)19-13(2)8-7-9-14(19)3/h7-11,17H,1-6H3,(H,22,27)/t17-/m0/s1. The summed E-state index contributed by atoms with van der Waals surface area (Å²) in [5, 5.41) is 15.4. The zero-order chi connectivity index (χ0) is 20.4. The Morgan fingerprint density at radius 3 is 2.25 bits per heavy atom. The predicted octanol–water partition coefficient (Wildman–Crippen LogP) is 4.32. The first-order valence-electron chi connectivity index (χ1n) is 9.18. The first-order chi connectivity index (χ1) is 13.3. The van der Waals surface area contributed by atoms with Gasteiger partial charge in [-0.05, 0) is 74.2 Å². The number of benzene rings is 2. The van der Waals surface area contributed by atoms with Crippen molar-refractivity contribution in [3.63, 3.8) is 0 Å². The van der Waals surface area contributed by atoms with Gasteiger partial charge in [-0.2, -0.15) is 4.68 Å². The maximum Gasteiger partial charge on any atom is 0.237 e. The van der Waals surface area contributed by atoms with Crippen molar-refractivity contribution in [2.75, 3.05) is 5.32 Å². The largest absolute Gasteiger partial charge is 0.325 e. The molecule has 3 rings (SSSR count). The molecule has 0 aliphatic heterocycles. The molecular formula is C21H25N5OS. The molecule has 3 aromatic rings. The van der Waals surface area contributed by atoms with Crippen LogP contribution in [0.25, 0.3) is 5.69 Å². The van der Waals surface area contributed by atoms with Gasteiger partial charge in [0.2, 0.25) is 11.1 Å². The van der Waals surface area contributed by atoms with Crippen molar-refractivity contribution in [3.8, 4) is 5.69 Å². The maximum atomic E-state index is 12.8. The van der Waals surface area contributed by atoms with Crippen LogP contribution in [0, 0.1) is 34.6 Å². The molecule has 7 heteroatoms. The zero-order valence-electron chi connectivity index (χ0n) is 17.1. The van der Waals surface area contributed by atoms with E-state index in [0.717, 1.165) is 33.6 Å². The van der Waals surface area contributed by atoms with Crippen LogP contribution in [0.3, 0.4) is 0 Å². The Balaban J connectivity index is 1.81. The SMILES string of the molecule is Cc1cc(C)c(NC(=O)[C@H](C)Sc2nnnn2-c2c(C)cccc2C)c(C)c1. The van der Waals surface area contributed by atoms with Gasteiger partial charge < -0.3 is 5.32 Å². The first-order valence-corrected chi connectivity index (χ1v) is 10.1. The number of carbonyl (C=O) groups is 1. The molecule has 0 saturated heterocycles. The first kappa shape index (κ1) is 20.1. The van der Waals surface area contributed by atoms with Crippen molar-refractivity contribution >= 4 is 23.4 Å². The molecule has 1 heterocycles. The number of nitrogens with one attached hydrogen (secondary N) is 1. The number of hydrogen-bond acceptors (Lipinski definition) is 5. The highest BCUT2D eigenvalue weighted by Crippen LogP contribution is 2.28. The summed E-state index contributed by atoms with van der Waals surface area (Å²) in [4.78, 5) is 12.8. The lowest BCUT2D eigenvalue weighted by Gasteiger charge is -2.16. The number of rotatable bonds is 5. The molecule has 0 radical (unpaired) electrons. The van der Waals surface area contributed by atoms with Gasteiger partial charge in [-0.25, -0.2) is 0 Å². The highest BCUT2D eigenvalue weighted by Gasteiger charge is 2.21. The molecule has 2 aromatic carbocycles. The molecule has 0 saturated carbocycles. The lowest BCUT2D eigenvalue weighted by molar-refractivity contribution is -0.115. The molecule has 0 unspecified atom stereocenters. The van der Waals surface area contributed by atoms with Crippen LogP contribution >= 0.6 is 11.8 Å². The Kier molecular flexibility index (Phi) is 5.84. The van der Waals surface area contributed by atoms with Crippen LogP contribution in [-0.2, 0) is 4.79 Å². The molecule has 6 nitrogen and oxygen atoms in total. The van der Waals surface area contributed by atoms with Crippen LogP contribution in [-0.4, -0.2) is 31.4 Å². The lowest BCUT2D eigenvalue weighted by Crippen LogP contribution is -2.24. The van der Waals surface area contributed by atoms with Gasteiger partial charge in [0, 0.05) is 5.69 Å². The Bertz CT molecular complexity index is 984. The molecule has 146 valence electrons. The number of anilines is 1. The fourth-order valence-electron chi connectivity index (χ4n) is 3.35. The molecule has 1 aromatic heterocycles. The van der Waals surface area contributed by atoms with E-state index in [2.05, 4.69) is 39.9 Å². The van der Waals surface area contributed by atoms with E-state index in [0.29, 0.717) is 5.16 Å². The number of para-hydroxylation sites is 1. The van der Waals surface area contributed by atoms with Crippen molar-refractivity contribution in [1.82, 2.24) is 20.2 Å². The number of amides is 1. The Morgan fingerprint density at radius 1 is 1.04 bits per heavy atom. The van der Waals surface area contributed by atoms with Gasteiger partial charge in [0.1, 0.15) is 0 Å². The normalized spacial score (nSPS) is 12.1. The maximum absolute atomic E-state index is 12.8. The van der Waals surface area contributed by atoms with E-state index in [9.17, 15) is 4.79 Å². The van der Waals surface area contributed by atoms with E-state index < -0.39 is 0 Å². The third-order valence-electron chi connectivity index (χ3n) is 4.67. The minimum atomic E-state index is -0.353. The number of aryl methyl sites for hydroxylation is 5. The fourth-order valence-corrected chi connectivity index (χ4v) is 4.14. The van der Waals surface area contributed by atoms with Crippen molar-refractivity contribution in [1.29, 1.82) is 0 Å². The number of tetrazole rings is 1. The summed E-state index contributed by atoms with van der Waals surface area (Å²) in [6, 6.07) is 10.2. The highest BCUT2D eigenvalue weighted by atomic mass is 32.2. The van der Waals surface area contributed by atoms with E-state index in [4.69, 9.17) is 0 Å². The Labute approximate surface area is 169 Å². The second kappa shape index (κ2) is 8.14. The van der Waals surface area contributed by atoms with E-state index in [1.165, 1.54) is 17.3 Å². The second-order valence-corrected chi connectivity index (χ2v) is 8.44. The van der Waals surface area contributed by atoms with Gasteiger partial charge in [-0.3, -0.25) is 4.79 Å². The second-order valence-electron chi connectivity index (χ2n) is 7.14. The lowest BCUT2D eigenvalue weighted by atomic mass is 10.1. The molecule has 0 bridgehead atoms. The Hall–Kier alpha value is -2.67. The number of thioether (sulfide) groups is 1. The van der Waals surface area contributed by atoms with Gasteiger partial charge >= 0.3 is 0 Å². The third kappa shape index (κ3) is 4.09. The molecule has 1 amide bonds. The van der Waals surface area contributed by atoms with Crippen LogP contribution in [0.15, 0.2) is 35.5 Å². The van der Waals surface area contributed by atoms with Crippen molar-refractivity contribution in [3.05, 3.63) is 58.1 Å². The van der Waals surface area contributed by atoms with E-state index in [-0.39, 0.29) is 11.2 Å². The summed E-state index contributed by atoms with van der Waals surface area (Å²) in [7, 11) is 0. The quantitative estimate of drug-likeness (QED) is 0.651. The van der Waals surface area contributed by atoms with Crippen molar-refractivity contribution in [2.24, 2.45) is 0 Å². The zero-order valence-corrected chi connectivity index (χ0v) is 17.9. The van der Waals surface area contributed by atoms with E-state index >= 15 is 0 Å². The predicted molar refractivity (Wildman–Crippen MR) is 113 cm³/mol. The van der Waals surface area contributed by atoms with Crippen LogP contribution < -0.4 is 5.32 Å². The minimum Gasteiger partial charge on any atom is -0.325 e. The fraction of sp³-hybridized carbons (Fsp3) is 0.333. The summed E-state index contributed by atoms with van der Waals surface area (Å²) in [6.45, 7) is 12.0. The monoisotopic (exact) mass is 395 g/mol. The van der Waals surface area contributed by atoms with Gasteiger partial charge in [0.25, 0.3) is 0 Å². The summed E-state index contributed by atoms with van der Waals surface area (Å²) in [5.41, 5.74) is 7.29. The molecule has 1 atom stereocenters. The summed E-state index contributed by atoms with van der Waals surface area (Å²) < 4.78 is 1.71. The van der Waals surface area contributed by atoms with Crippen LogP contribution in [0.1, 0.15) is 34.7 Å². The van der Waals surface area contributed by atoms with E-state index in [1.54, 1.807) is 4.68 Å². The molecule has 28 heavy (non-hydrogen) atoms. The molecule has 0 aliphatic carbocycles. The molecular weight excluding hydrogens is 370 g/mol. The highest BCUT2D eigenvalue weighted by molar-refractivity contribution is 8.00. The number of nitrogens with zero attached hydrogens (tertiary/aromatic N) is 4. The molecule has 1 N–H and O–H groups in total. The average molecular weight is 396 g/mol. The van der Waals surface area contributed by atoms with Crippen LogP contribution in [0.4, 0.5) is 5.69 Å². The third-order valence-corrected chi connectivity index (χ3v) is 5.70. The summed E-state index contributed by atoms with van der Waals surface area (Å²) in [5.74, 6) is -0.0730. The van der Waals surface area contributed by atoms with Gasteiger partial charge in [-0.1, -0.05) is 47.7 Å². The van der Waals surface area contributed by atoms with Crippen LogP contribution in [0.5, 0.6) is 0 Å². The van der Waals surface area contributed by atoms with Gasteiger partial charge in [0.05, 0.1) is 10.9 Å². The smallest absolute Gasteiger partial charge is 0.237 e. The van der Waals surface area contributed by atoms with Gasteiger partial charge in [0.15, 0.2) is 0 Å².